The van der Waals surface area contributed by atoms with Crippen molar-refractivity contribution in [2.75, 3.05) is 12.7 Å². The van der Waals surface area contributed by atoms with Gasteiger partial charge in [-0.2, -0.15) is 16.8 Å². The molecule has 26 nitrogen and oxygen atoms in total. The molecular formula is C68H65ClI8N6O20S4. The minimum atomic E-state index is -4.11. The van der Waals surface area contributed by atoms with E-state index in [1.807, 2.05) is 76.2 Å². The number of carboxylic acids is 2. The Morgan fingerprint density at radius 3 is 1.05 bits per heavy atom. The van der Waals surface area contributed by atoms with Crippen LogP contribution >= 0.6 is 191 Å². The van der Waals surface area contributed by atoms with Crippen molar-refractivity contribution in [3.63, 3.8) is 0 Å². The van der Waals surface area contributed by atoms with Crippen LogP contribution < -0.4 is 18.9 Å². The number of aliphatic hydroxyl groups is 2. The van der Waals surface area contributed by atoms with E-state index in [0.717, 1.165) is 50.8 Å². The number of nitrogens with zero attached hydrogens (tertiary/aromatic N) is 6. The second-order valence-electron chi connectivity index (χ2n) is 22.1. The molecule has 0 saturated carbocycles. The Balaban J connectivity index is 0.000000329. The lowest BCUT2D eigenvalue weighted by atomic mass is 10.1. The zero-order valence-electron chi connectivity index (χ0n) is 56.7. The van der Waals surface area contributed by atoms with Crippen molar-refractivity contribution in [3.05, 3.63) is 231 Å². The van der Waals surface area contributed by atoms with Crippen LogP contribution in [0, 0.1) is 56.3 Å². The van der Waals surface area contributed by atoms with Crippen molar-refractivity contribution in [2.24, 2.45) is 0 Å². The molecule has 0 aliphatic rings. The summed E-state index contributed by atoms with van der Waals surface area (Å²) in [4.78, 5) is 22.3. The van der Waals surface area contributed by atoms with E-state index in [1.54, 1.807) is 70.3 Å². The molecule has 39 heteroatoms. The number of rotatable bonds is 23. The van der Waals surface area contributed by atoms with Crippen molar-refractivity contribution < 1.29 is 91.4 Å². The maximum atomic E-state index is 12.1. The number of aryl methyl sites for hydroxylation is 4. The average molecular weight is 2470 g/mol. The van der Waals surface area contributed by atoms with Crippen LogP contribution in [0.3, 0.4) is 0 Å². The molecule has 0 radical (unpaired) electrons. The lowest BCUT2D eigenvalue weighted by Gasteiger charge is -2.15. The second-order valence-corrected chi connectivity index (χ2v) is 38.9. The Kier molecular flexibility index (Phi) is 38.8. The molecule has 2 heterocycles. The molecule has 0 fully saturated rings. The maximum Gasteiger partial charge on any atom is 0.307 e. The Morgan fingerprint density at radius 1 is 0.458 bits per heavy atom. The van der Waals surface area contributed by atoms with Crippen LogP contribution in [0.2, 0.25) is 0 Å². The van der Waals surface area contributed by atoms with E-state index >= 15 is 0 Å². The molecule has 0 spiro atoms. The minimum Gasteiger partial charge on any atom is -0.485 e. The lowest BCUT2D eigenvalue weighted by Crippen LogP contribution is -2.15. The monoisotopic (exact) mass is 2460 g/mol. The fourth-order valence-electron chi connectivity index (χ4n) is 8.19. The van der Waals surface area contributed by atoms with Crippen molar-refractivity contribution in [2.45, 2.75) is 100 Å². The summed E-state index contributed by atoms with van der Waals surface area (Å²) in [5.41, 5.74) is 6.46. The summed E-state index contributed by atoms with van der Waals surface area (Å²) in [7, 11) is -10.4. The van der Waals surface area contributed by atoms with Gasteiger partial charge in [0.1, 0.15) is 61.1 Å². The molecule has 2 aromatic heterocycles. The quantitative estimate of drug-likeness (QED) is 0.0131. The van der Waals surface area contributed by atoms with Crippen molar-refractivity contribution in [1.29, 1.82) is 0 Å². The molecule has 10 aromatic rings. The molecule has 574 valence electrons. The van der Waals surface area contributed by atoms with Crippen LogP contribution in [0.15, 0.2) is 178 Å². The van der Waals surface area contributed by atoms with E-state index in [0.29, 0.717) is 57.0 Å². The number of benzene rings is 8. The molecule has 0 unspecified atom stereocenters. The maximum absolute atomic E-state index is 12.1. The highest BCUT2D eigenvalue weighted by Crippen LogP contribution is 2.40. The normalized spacial score (nSPS) is 11.1. The first-order valence-corrected chi connectivity index (χ1v) is 45.9. The van der Waals surface area contributed by atoms with Gasteiger partial charge in [0.05, 0.1) is 73.4 Å². The SMILES string of the molecule is CCC.Cc1ccc(S(=O)(=O)COS(=O)(=O)c2ccc(C)cc2)cc1.Cc1ccc(S(=O)(=O)Cl)cc1.Cc1ccc(S(=O)(=O)O)cc1.O=C(O)Cc1cc(I)c(Oc2cc(I)c(OCc3cn(Cn4cc(COc5c(I)cc(Oc6c(I)cc(CC(=O)O)cc6I)cc5I)nn4)nn3)c(I)c2)c(I)c1.OCO. The number of ether oxygens (including phenoxy) is 4. The van der Waals surface area contributed by atoms with Gasteiger partial charge < -0.3 is 39.4 Å². The van der Waals surface area contributed by atoms with Crippen molar-refractivity contribution >= 4 is 242 Å². The second kappa shape index (κ2) is 44.4. The molecular weight excluding hydrogens is 2400 g/mol. The Morgan fingerprint density at radius 2 is 0.748 bits per heavy atom. The number of sulfone groups is 1. The first-order chi connectivity index (χ1) is 50.1. The van der Waals surface area contributed by atoms with Crippen LogP contribution in [0.4, 0.5) is 0 Å². The Bertz CT molecular complexity index is 4760. The predicted molar refractivity (Wildman–Crippen MR) is 468 cm³/mol. The standard InChI is InChI=1S/C35H22I8N6O8.C15H16O5S2.C7H7ClO2S.C7H8O3S.C3H8.CH4O2/c36-22-1-16(5-30(50)51)2-23(37)34(22)56-20-7-26(40)32(27(41)8-20)54-13-18-11-48(46-44-18)15-49-12-19(45-47-49)14-55-33-28(42)9-21(10-29(33)43)57-35-24(38)3-17(4-25(35)39)6-31(52)53;1-12-3-7-14(8-4-12)21(16,17)11-20-22(18,19)15-9-5-13(2)6-10-15;2*1-6-2-4-7(5-3-6)11(8,9)10;1-3-2;2-1-3/h1-4,7-12H,5-6,13-15H2,(H,50,51)(H,52,53);3-10H,11H2,1-2H3;2-5H,1H3;2-5H,1H3,(H,8,9,10);3H2,1-2H3;2-3H,1H2. The van der Waals surface area contributed by atoms with E-state index in [-0.39, 0.29) is 52.3 Å². The predicted octanol–water partition coefficient (Wildman–Crippen LogP) is 16.2. The summed E-state index contributed by atoms with van der Waals surface area (Å²) in [6.45, 7) is 11.5. The van der Waals surface area contributed by atoms with Crippen molar-refractivity contribution in [3.8, 4) is 34.5 Å². The Labute approximate surface area is 732 Å². The number of carbonyl (C=O) groups is 2. The van der Waals surface area contributed by atoms with E-state index in [2.05, 4.69) is 219 Å². The van der Waals surface area contributed by atoms with Crippen LogP contribution in [-0.4, -0.2) is 113 Å². The van der Waals surface area contributed by atoms with Crippen LogP contribution in [-0.2, 0) is 85.6 Å². The van der Waals surface area contributed by atoms with Gasteiger partial charge in [-0.15, -0.1) is 10.2 Å². The third kappa shape index (κ3) is 31.8. The summed E-state index contributed by atoms with van der Waals surface area (Å²) in [5, 5.41) is 49.5. The summed E-state index contributed by atoms with van der Waals surface area (Å²) in [6, 6.07) is 39.3. The van der Waals surface area contributed by atoms with Gasteiger partial charge in [0.15, 0.2) is 17.4 Å². The van der Waals surface area contributed by atoms with Gasteiger partial charge >= 0.3 is 11.9 Å². The topological polar surface area (TPSA) is 379 Å². The molecule has 10 rings (SSSR count). The number of halogens is 9. The number of hydrogen-bond donors (Lipinski definition) is 5. The van der Waals surface area contributed by atoms with Gasteiger partial charge in [-0.1, -0.05) is 101 Å². The fourth-order valence-corrected chi connectivity index (χ4v) is 20.0. The van der Waals surface area contributed by atoms with Gasteiger partial charge in [-0.05, 0) is 317 Å². The number of carboxylic acid groups (broad SMARTS) is 2. The number of aliphatic carboxylic acids is 2. The van der Waals surface area contributed by atoms with Gasteiger partial charge in [0.2, 0.25) is 9.84 Å². The van der Waals surface area contributed by atoms with Gasteiger partial charge in [0, 0.05) is 10.7 Å². The van der Waals surface area contributed by atoms with E-state index in [4.69, 9.17) is 54.6 Å². The van der Waals surface area contributed by atoms with Crippen molar-refractivity contribution in [1.82, 2.24) is 30.0 Å². The molecule has 0 aliphatic heterocycles. The summed E-state index contributed by atoms with van der Waals surface area (Å²) < 4.78 is 139. The van der Waals surface area contributed by atoms with E-state index < -0.39 is 63.8 Å². The van der Waals surface area contributed by atoms with E-state index in [1.165, 1.54) is 55.0 Å². The molecule has 0 atom stereocenters. The van der Waals surface area contributed by atoms with Gasteiger partial charge in [-0.25, -0.2) is 30.4 Å². The molecule has 0 saturated heterocycles. The number of hydrogen-bond acceptors (Lipinski definition) is 21. The van der Waals surface area contributed by atoms with Crippen LogP contribution in [0.1, 0.15) is 65.0 Å². The molecule has 8 aromatic carbocycles. The van der Waals surface area contributed by atoms with Crippen LogP contribution in [0.25, 0.3) is 0 Å². The van der Waals surface area contributed by atoms with E-state index in [9.17, 15) is 43.3 Å². The third-order valence-electron chi connectivity index (χ3n) is 13.1. The molecule has 107 heavy (non-hydrogen) atoms. The molecule has 0 bridgehead atoms. The fraction of sp³-hybridized carbons (Fsp3) is 0.206. The molecule has 5 N–H and O–H groups in total. The van der Waals surface area contributed by atoms with Gasteiger partial charge in [0.25, 0.3) is 29.3 Å². The minimum absolute atomic E-state index is 0.0252. The molecule has 0 amide bonds. The highest BCUT2D eigenvalue weighted by atomic mass is 127. The third-order valence-corrected chi connectivity index (χ3v) is 24.6. The lowest BCUT2D eigenvalue weighted by molar-refractivity contribution is -0.137. The Hall–Kier alpha value is -4.05. The first-order valence-electron chi connectivity index (χ1n) is 30.4. The smallest absolute Gasteiger partial charge is 0.307 e. The largest absolute Gasteiger partial charge is 0.485 e. The average Bonchev–Trinajstić information content (AvgIpc) is 1.53. The summed E-state index contributed by atoms with van der Waals surface area (Å²) in [5.74, 6) is 1.32. The highest BCUT2D eigenvalue weighted by molar-refractivity contribution is 14.1. The van der Waals surface area contributed by atoms with Crippen LogP contribution in [0.5, 0.6) is 34.5 Å². The zero-order valence-corrected chi connectivity index (χ0v) is 78.0. The first kappa shape index (κ1) is 93.5. The summed E-state index contributed by atoms with van der Waals surface area (Å²) >= 11 is 17.5. The van der Waals surface area contributed by atoms with Gasteiger partial charge in [-0.3, -0.25) is 14.1 Å². The zero-order chi connectivity index (χ0) is 79.7. The molecule has 0 aliphatic carbocycles. The summed E-state index contributed by atoms with van der Waals surface area (Å²) in [6.07, 6.45) is 4.72. The number of aliphatic hydroxyl groups excluding tert-OH is 1. The highest BCUT2D eigenvalue weighted by Gasteiger charge is 2.23. The number of aromatic nitrogens is 6.